The number of aromatic nitrogens is 2. The molecule has 0 saturated carbocycles. The van der Waals surface area contributed by atoms with Crippen LogP contribution in [0.2, 0.25) is 0 Å². The van der Waals surface area contributed by atoms with Gasteiger partial charge in [0.1, 0.15) is 5.69 Å². The lowest BCUT2D eigenvalue weighted by molar-refractivity contribution is -0.119. The molecule has 0 aliphatic heterocycles. The Labute approximate surface area is 183 Å². The summed E-state index contributed by atoms with van der Waals surface area (Å²) in [5, 5.41) is 15.8. The molecule has 4 rings (SSSR count). The smallest absolute Gasteiger partial charge is 0.357 e. The summed E-state index contributed by atoms with van der Waals surface area (Å²) < 4.78 is 12.1. The van der Waals surface area contributed by atoms with E-state index in [-0.39, 0.29) is 5.69 Å². The zero-order valence-corrected chi connectivity index (χ0v) is 16.9. The molecule has 1 N–H and O–H groups in total. The number of nitrogens with zero attached hydrogens (tertiary/aromatic N) is 3. The van der Waals surface area contributed by atoms with Crippen LogP contribution in [0.5, 0.6) is 0 Å². The third kappa shape index (κ3) is 4.74. The number of ether oxygens (including phenoxy) is 1. The van der Waals surface area contributed by atoms with Gasteiger partial charge in [-0.3, -0.25) is 4.79 Å². The second-order valence-corrected chi connectivity index (χ2v) is 6.80. The van der Waals surface area contributed by atoms with Crippen LogP contribution < -0.4 is 5.32 Å². The Hall–Kier alpha value is -4.64. The van der Waals surface area contributed by atoms with Crippen LogP contribution in [0.15, 0.2) is 83.5 Å². The van der Waals surface area contributed by atoms with Crippen LogP contribution in [0.1, 0.15) is 16.1 Å². The standard InChI is InChI=1S/C24H18N4O4/c25-13-12-17-8-10-18(11-9-17)26-23(29)16-32-24(30)21-15-20(22-7-4-14-31-22)27-28(21)19-5-2-1-3-6-19/h1-11,14-15H,12,16H2,(H,26,29). The minimum Gasteiger partial charge on any atom is -0.463 e. The fraction of sp³-hybridized carbons (Fsp3) is 0.0833. The molecule has 0 radical (unpaired) electrons. The number of nitrogens with one attached hydrogen (secondary N) is 1. The van der Waals surface area contributed by atoms with Crippen molar-refractivity contribution in [2.24, 2.45) is 0 Å². The fourth-order valence-corrected chi connectivity index (χ4v) is 3.04. The highest BCUT2D eigenvalue weighted by Gasteiger charge is 2.21. The van der Waals surface area contributed by atoms with Gasteiger partial charge in [-0.15, -0.1) is 0 Å². The van der Waals surface area contributed by atoms with E-state index in [2.05, 4.69) is 16.5 Å². The molecule has 0 bridgehead atoms. The van der Waals surface area contributed by atoms with Crippen LogP contribution in [0, 0.1) is 11.3 Å². The molecule has 4 aromatic rings. The molecule has 0 aliphatic rings. The van der Waals surface area contributed by atoms with Gasteiger partial charge in [-0.25, -0.2) is 9.48 Å². The van der Waals surface area contributed by atoms with E-state index in [0.717, 1.165) is 5.56 Å². The van der Waals surface area contributed by atoms with E-state index in [9.17, 15) is 9.59 Å². The molecule has 2 heterocycles. The maximum atomic E-state index is 12.8. The molecule has 2 aromatic heterocycles. The van der Waals surface area contributed by atoms with Crippen LogP contribution in [0.4, 0.5) is 5.69 Å². The van der Waals surface area contributed by atoms with Gasteiger partial charge in [0.05, 0.1) is 24.4 Å². The highest BCUT2D eigenvalue weighted by molar-refractivity contribution is 5.95. The third-order valence-electron chi connectivity index (χ3n) is 4.55. The van der Waals surface area contributed by atoms with Crippen molar-refractivity contribution in [3.63, 3.8) is 0 Å². The molecule has 32 heavy (non-hydrogen) atoms. The van der Waals surface area contributed by atoms with Crippen molar-refractivity contribution in [3.05, 3.63) is 90.3 Å². The van der Waals surface area contributed by atoms with Crippen LogP contribution in [-0.4, -0.2) is 28.3 Å². The summed E-state index contributed by atoms with van der Waals surface area (Å²) in [6.07, 6.45) is 1.81. The number of hydrogen-bond donors (Lipinski definition) is 1. The zero-order valence-electron chi connectivity index (χ0n) is 16.9. The molecular weight excluding hydrogens is 408 g/mol. The highest BCUT2D eigenvalue weighted by Crippen LogP contribution is 2.22. The molecule has 8 nitrogen and oxygen atoms in total. The Morgan fingerprint density at radius 1 is 1.06 bits per heavy atom. The van der Waals surface area contributed by atoms with Gasteiger partial charge in [-0.1, -0.05) is 30.3 Å². The largest absolute Gasteiger partial charge is 0.463 e. The average molecular weight is 426 g/mol. The van der Waals surface area contributed by atoms with Gasteiger partial charge in [0.2, 0.25) is 0 Å². The van der Waals surface area contributed by atoms with Crippen molar-refractivity contribution in [3.8, 4) is 23.2 Å². The minimum absolute atomic E-state index is 0.163. The number of esters is 1. The van der Waals surface area contributed by atoms with Gasteiger partial charge in [0.25, 0.3) is 5.91 Å². The number of carbonyl (C=O) groups is 2. The number of anilines is 1. The number of carbonyl (C=O) groups excluding carboxylic acids is 2. The lowest BCUT2D eigenvalue weighted by Crippen LogP contribution is -2.22. The lowest BCUT2D eigenvalue weighted by Gasteiger charge is -2.09. The molecule has 0 fully saturated rings. The van der Waals surface area contributed by atoms with Gasteiger partial charge < -0.3 is 14.5 Å². The van der Waals surface area contributed by atoms with E-state index in [1.807, 2.05) is 18.2 Å². The first-order valence-corrected chi connectivity index (χ1v) is 9.76. The Kier molecular flexibility index (Phi) is 6.09. The third-order valence-corrected chi connectivity index (χ3v) is 4.55. The van der Waals surface area contributed by atoms with Gasteiger partial charge in [0, 0.05) is 11.8 Å². The summed E-state index contributed by atoms with van der Waals surface area (Å²) in [6, 6.07) is 23.1. The predicted octanol–water partition coefficient (Wildman–Crippen LogP) is 3.99. The number of hydrogen-bond acceptors (Lipinski definition) is 6. The maximum Gasteiger partial charge on any atom is 0.357 e. The second kappa shape index (κ2) is 9.45. The Bertz CT molecular complexity index is 1250. The number of amides is 1. The summed E-state index contributed by atoms with van der Waals surface area (Å²) >= 11 is 0. The van der Waals surface area contributed by atoms with Crippen molar-refractivity contribution in [2.75, 3.05) is 11.9 Å². The van der Waals surface area contributed by atoms with E-state index in [1.54, 1.807) is 54.6 Å². The molecule has 0 spiro atoms. The normalized spacial score (nSPS) is 10.3. The van der Waals surface area contributed by atoms with E-state index in [1.165, 1.54) is 10.9 Å². The molecule has 0 atom stereocenters. The van der Waals surface area contributed by atoms with E-state index in [4.69, 9.17) is 14.4 Å². The van der Waals surface area contributed by atoms with Gasteiger partial charge in [0.15, 0.2) is 18.1 Å². The summed E-state index contributed by atoms with van der Waals surface area (Å²) in [5.41, 5.74) is 2.68. The van der Waals surface area contributed by atoms with Crippen LogP contribution in [0.25, 0.3) is 17.1 Å². The molecule has 0 saturated heterocycles. The van der Waals surface area contributed by atoms with Crippen molar-refractivity contribution in [1.29, 1.82) is 5.26 Å². The summed E-state index contributed by atoms with van der Waals surface area (Å²) in [7, 11) is 0. The molecule has 1 amide bonds. The number of para-hydroxylation sites is 1. The minimum atomic E-state index is -0.696. The number of rotatable bonds is 7. The van der Waals surface area contributed by atoms with Crippen molar-refractivity contribution < 1.29 is 18.7 Å². The van der Waals surface area contributed by atoms with Crippen LogP contribution in [-0.2, 0) is 16.0 Å². The molecular formula is C24H18N4O4. The quantitative estimate of drug-likeness (QED) is 0.447. The number of furan rings is 1. The Balaban J connectivity index is 1.46. The SMILES string of the molecule is N#CCc1ccc(NC(=O)COC(=O)c2cc(-c3ccco3)nn2-c2ccccc2)cc1. The Morgan fingerprint density at radius 2 is 1.84 bits per heavy atom. The monoisotopic (exact) mass is 426 g/mol. The number of nitriles is 1. The van der Waals surface area contributed by atoms with Gasteiger partial charge in [-0.05, 0) is 42.0 Å². The second-order valence-electron chi connectivity index (χ2n) is 6.80. The Morgan fingerprint density at radius 3 is 2.53 bits per heavy atom. The highest BCUT2D eigenvalue weighted by atomic mass is 16.5. The van der Waals surface area contributed by atoms with Crippen molar-refractivity contribution >= 4 is 17.6 Å². The van der Waals surface area contributed by atoms with Gasteiger partial charge in [-0.2, -0.15) is 10.4 Å². The maximum absolute atomic E-state index is 12.8. The summed E-state index contributed by atoms with van der Waals surface area (Å²) in [6.45, 7) is -0.463. The molecule has 0 aliphatic carbocycles. The molecule has 0 unspecified atom stereocenters. The van der Waals surface area contributed by atoms with Crippen molar-refractivity contribution in [2.45, 2.75) is 6.42 Å². The average Bonchev–Trinajstić information content (AvgIpc) is 3.50. The first-order valence-electron chi connectivity index (χ1n) is 9.76. The van der Waals surface area contributed by atoms with Crippen LogP contribution in [0.3, 0.4) is 0 Å². The fourth-order valence-electron chi connectivity index (χ4n) is 3.04. The molecule has 158 valence electrons. The predicted molar refractivity (Wildman–Crippen MR) is 116 cm³/mol. The first-order chi connectivity index (χ1) is 15.6. The zero-order chi connectivity index (χ0) is 22.3. The van der Waals surface area contributed by atoms with E-state index in [0.29, 0.717) is 29.2 Å². The van der Waals surface area contributed by atoms with E-state index >= 15 is 0 Å². The molecule has 2 aromatic carbocycles. The first kappa shape index (κ1) is 20.6. The number of benzene rings is 2. The van der Waals surface area contributed by atoms with Crippen molar-refractivity contribution in [1.82, 2.24) is 9.78 Å². The topological polar surface area (TPSA) is 110 Å². The summed E-state index contributed by atoms with van der Waals surface area (Å²) in [5.74, 6) is -0.673. The molecule has 8 heteroatoms. The lowest BCUT2D eigenvalue weighted by atomic mass is 10.1. The van der Waals surface area contributed by atoms with E-state index < -0.39 is 18.5 Å². The van der Waals surface area contributed by atoms with Gasteiger partial charge >= 0.3 is 5.97 Å². The summed E-state index contributed by atoms with van der Waals surface area (Å²) in [4.78, 5) is 25.0. The van der Waals surface area contributed by atoms with Crippen LogP contribution >= 0.6 is 0 Å².